The number of hydrogen-bond acceptors (Lipinski definition) is 4. The lowest BCUT2D eigenvalue weighted by Crippen LogP contribution is -2.17. The minimum Gasteiger partial charge on any atom is -0.465 e. The second kappa shape index (κ2) is 7.48. The van der Waals surface area contributed by atoms with Crippen LogP contribution < -0.4 is 10.6 Å². The van der Waals surface area contributed by atoms with E-state index in [1.54, 1.807) is 7.05 Å². The molecule has 0 saturated carbocycles. The molecule has 1 aromatic rings. The molecule has 0 saturated heterocycles. The maximum atomic E-state index is 13.1. The Hall–Kier alpha value is -1.95. The van der Waals surface area contributed by atoms with Crippen LogP contribution in [0.5, 0.6) is 0 Å². The number of amides is 1. The fourth-order valence-corrected chi connectivity index (χ4v) is 1.54. The first-order valence-corrected chi connectivity index (χ1v) is 5.90. The zero-order valence-electron chi connectivity index (χ0n) is 11.0. The molecule has 0 heterocycles. The molecule has 1 rings (SSSR count). The first-order chi connectivity index (χ1) is 9.08. The summed E-state index contributed by atoms with van der Waals surface area (Å²) in [6, 6.07) is 3.56. The number of anilines is 1. The number of esters is 1. The van der Waals surface area contributed by atoms with Crippen molar-refractivity contribution in [2.24, 2.45) is 0 Å². The van der Waals surface area contributed by atoms with Crippen molar-refractivity contribution in [3.63, 3.8) is 0 Å². The molecule has 0 bridgehead atoms. The maximum Gasteiger partial charge on any atom is 0.340 e. The Labute approximate surface area is 111 Å². The predicted octanol–water partition coefficient (Wildman–Crippen LogP) is 1.55. The summed E-state index contributed by atoms with van der Waals surface area (Å²) in [5, 5.41) is 5.51. The van der Waals surface area contributed by atoms with Gasteiger partial charge in [0.15, 0.2) is 0 Å². The number of ether oxygens (including phenoxy) is 1. The summed E-state index contributed by atoms with van der Waals surface area (Å²) >= 11 is 0. The van der Waals surface area contributed by atoms with Crippen LogP contribution in [0, 0.1) is 5.82 Å². The zero-order valence-corrected chi connectivity index (χ0v) is 11.0. The predicted molar refractivity (Wildman–Crippen MR) is 69.5 cm³/mol. The van der Waals surface area contributed by atoms with Crippen LogP contribution in [0.2, 0.25) is 0 Å². The second-order valence-electron chi connectivity index (χ2n) is 3.94. The van der Waals surface area contributed by atoms with Gasteiger partial charge in [-0.2, -0.15) is 0 Å². The number of rotatable bonds is 6. The SMILES string of the molecule is CNCCCC(=O)Nc1ccc(F)cc1C(=O)OC. The average molecular weight is 268 g/mol. The van der Waals surface area contributed by atoms with Gasteiger partial charge in [-0.3, -0.25) is 4.79 Å². The summed E-state index contributed by atoms with van der Waals surface area (Å²) in [4.78, 5) is 23.1. The van der Waals surface area contributed by atoms with E-state index in [0.29, 0.717) is 12.8 Å². The van der Waals surface area contributed by atoms with Crippen molar-refractivity contribution in [3.8, 4) is 0 Å². The van der Waals surface area contributed by atoms with Gasteiger partial charge >= 0.3 is 5.97 Å². The van der Waals surface area contributed by atoms with E-state index in [2.05, 4.69) is 15.4 Å². The Morgan fingerprint density at radius 3 is 2.74 bits per heavy atom. The fraction of sp³-hybridized carbons (Fsp3) is 0.385. The van der Waals surface area contributed by atoms with Gasteiger partial charge in [-0.05, 0) is 38.2 Å². The highest BCUT2D eigenvalue weighted by Crippen LogP contribution is 2.18. The van der Waals surface area contributed by atoms with Gasteiger partial charge in [-0.1, -0.05) is 0 Å². The van der Waals surface area contributed by atoms with E-state index in [9.17, 15) is 14.0 Å². The third-order valence-electron chi connectivity index (χ3n) is 2.49. The number of halogens is 1. The van der Waals surface area contributed by atoms with Crippen LogP contribution in [0.15, 0.2) is 18.2 Å². The second-order valence-corrected chi connectivity index (χ2v) is 3.94. The smallest absolute Gasteiger partial charge is 0.340 e. The van der Waals surface area contributed by atoms with Crippen molar-refractivity contribution in [1.29, 1.82) is 0 Å². The molecule has 0 fully saturated rings. The molecular formula is C13H17FN2O3. The first kappa shape index (κ1) is 15.1. The van der Waals surface area contributed by atoms with Crippen LogP contribution in [0.4, 0.5) is 10.1 Å². The maximum absolute atomic E-state index is 13.1. The number of benzene rings is 1. The average Bonchev–Trinajstić information content (AvgIpc) is 2.40. The lowest BCUT2D eigenvalue weighted by atomic mass is 10.1. The molecule has 5 nitrogen and oxygen atoms in total. The summed E-state index contributed by atoms with van der Waals surface area (Å²) in [7, 11) is 3.00. The number of carbonyl (C=O) groups is 2. The molecule has 6 heteroatoms. The van der Waals surface area contributed by atoms with E-state index >= 15 is 0 Å². The summed E-state index contributed by atoms with van der Waals surface area (Å²) < 4.78 is 17.6. The minimum atomic E-state index is -0.690. The van der Waals surface area contributed by atoms with Crippen molar-refractivity contribution in [1.82, 2.24) is 5.32 Å². The molecule has 0 spiro atoms. The molecule has 0 aliphatic rings. The molecule has 1 amide bonds. The van der Waals surface area contributed by atoms with Crippen LogP contribution in [0.25, 0.3) is 0 Å². The van der Waals surface area contributed by atoms with Gasteiger partial charge in [0.25, 0.3) is 0 Å². The summed E-state index contributed by atoms with van der Waals surface area (Å²) in [5.74, 6) is -1.48. The third-order valence-corrected chi connectivity index (χ3v) is 2.49. The number of carbonyl (C=O) groups excluding carboxylic acids is 2. The number of hydrogen-bond donors (Lipinski definition) is 2. The Balaban J connectivity index is 2.77. The quantitative estimate of drug-likeness (QED) is 0.607. The standard InChI is InChI=1S/C13H17FN2O3/c1-15-7-3-4-12(17)16-11-6-5-9(14)8-10(11)13(18)19-2/h5-6,8,15H,3-4,7H2,1-2H3,(H,16,17). The number of nitrogens with one attached hydrogen (secondary N) is 2. The molecule has 0 aromatic heterocycles. The highest BCUT2D eigenvalue weighted by Gasteiger charge is 2.14. The van der Waals surface area contributed by atoms with Crippen LogP contribution in [0.1, 0.15) is 23.2 Å². The van der Waals surface area contributed by atoms with E-state index in [1.807, 2.05) is 0 Å². The third kappa shape index (κ3) is 4.67. The topological polar surface area (TPSA) is 67.4 Å². The van der Waals surface area contributed by atoms with E-state index in [1.165, 1.54) is 19.2 Å². The van der Waals surface area contributed by atoms with E-state index in [-0.39, 0.29) is 17.2 Å². The normalized spacial score (nSPS) is 10.1. The molecule has 0 aliphatic carbocycles. The molecule has 0 unspecified atom stereocenters. The largest absolute Gasteiger partial charge is 0.465 e. The molecule has 2 N–H and O–H groups in total. The monoisotopic (exact) mass is 268 g/mol. The van der Waals surface area contributed by atoms with Crippen molar-refractivity contribution in [3.05, 3.63) is 29.6 Å². The van der Waals surface area contributed by atoms with Gasteiger partial charge in [-0.15, -0.1) is 0 Å². The minimum absolute atomic E-state index is 0.00414. The lowest BCUT2D eigenvalue weighted by molar-refractivity contribution is -0.116. The summed E-state index contributed by atoms with van der Waals surface area (Å²) in [5.41, 5.74) is 0.257. The Morgan fingerprint density at radius 1 is 1.37 bits per heavy atom. The zero-order chi connectivity index (χ0) is 14.3. The van der Waals surface area contributed by atoms with Crippen molar-refractivity contribution in [2.45, 2.75) is 12.8 Å². The van der Waals surface area contributed by atoms with E-state index in [4.69, 9.17) is 0 Å². The van der Waals surface area contributed by atoms with Gasteiger partial charge in [0.1, 0.15) is 5.82 Å². The van der Waals surface area contributed by atoms with Crippen LogP contribution in [-0.2, 0) is 9.53 Å². The molecule has 0 atom stereocenters. The molecule has 0 aliphatic heterocycles. The summed E-state index contributed by atoms with van der Waals surface area (Å²) in [6.45, 7) is 0.723. The van der Waals surface area contributed by atoms with Gasteiger partial charge in [-0.25, -0.2) is 9.18 Å². The van der Waals surface area contributed by atoms with Crippen molar-refractivity contribution in [2.75, 3.05) is 26.0 Å². The first-order valence-electron chi connectivity index (χ1n) is 5.90. The van der Waals surface area contributed by atoms with Gasteiger partial charge < -0.3 is 15.4 Å². The fourth-order valence-electron chi connectivity index (χ4n) is 1.54. The Kier molecular flexibility index (Phi) is 5.95. The number of methoxy groups -OCH3 is 1. The summed E-state index contributed by atoms with van der Waals surface area (Å²) in [6.07, 6.45) is 0.996. The van der Waals surface area contributed by atoms with Crippen molar-refractivity contribution < 1.29 is 18.7 Å². The van der Waals surface area contributed by atoms with Gasteiger partial charge in [0.2, 0.25) is 5.91 Å². The molecule has 19 heavy (non-hydrogen) atoms. The highest BCUT2D eigenvalue weighted by atomic mass is 19.1. The lowest BCUT2D eigenvalue weighted by Gasteiger charge is -2.09. The van der Waals surface area contributed by atoms with Gasteiger partial charge in [0, 0.05) is 6.42 Å². The Bertz CT molecular complexity index is 463. The van der Waals surface area contributed by atoms with Gasteiger partial charge in [0.05, 0.1) is 18.4 Å². The van der Waals surface area contributed by atoms with Crippen LogP contribution >= 0.6 is 0 Å². The van der Waals surface area contributed by atoms with Crippen LogP contribution in [-0.4, -0.2) is 32.6 Å². The molecule has 1 aromatic carbocycles. The molecular weight excluding hydrogens is 251 g/mol. The van der Waals surface area contributed by atoms with Crippen LogP contribution in [0.3, 0.4) is 0 Å². The van der Waals surface area contributed by atoms with E-state index in [0.717, 1.165) is 12.6 Å². The molecule has 0 radical (unpaired) electrons. The van der Waals surface area contributed by atoms with Crippen molar-refractivity contribution >= 4 is 17.6 Å². The Morgan fingerprint density at radius 2 is 2.11 bits per heavy atom. The highest BCUT2D eigenvalue weighted by molar-refractivity contribution is 6.01. The molecule has 104 valence electrons. The van der Waals surface area contributed by atoms with E-state index < -0.39 is 11.8 Å².